The molecular formula is C15H17F3N4OS. The molecule has 1 heterocycles. The van der Waals surface area contributed by atoms with E-state index in [1.54, 1.807) is 0 Å². The molecular weight excluding hydrogens is 341 g/mol. The molecule has 0 unspecified atom stereocenters. The zero-order valence-corrected chi connectivity index (χ0v) is 14.0. The van der Waals surface area contributed by atoms with Crippen LogP contribution in [0.15, 0.2) is 18.2 Å². The lowest BCUT2D eigenvalue weighted by molar-refractivity contribution is -0.138. The summed E-state index contributed by atoms with van der Waals surface area (Å²) in [6, 6.07) is 3.68. The summed E-state index contributed by atoms with van der Waals surface area (Å²) in [5, 5.41) is 9.18. The van der Waals surface area contributed by atoms with E-state index in [0.29, 0.717) is 17.0 Å². The molecule has 24 heavy (non-hydrogen) atoms. The summed E-state index contributed by atoms with van der Waals surface area (Å²) in [7, 11) is 0. The average Bonchev–Trinajstić information content (AvgIpc) is 2.81. The Hall–Kier alpha value is -2.16. The van der Waals surface area contributed by atoms with Gasteiger partial charge in [-0.25, -0.2) is 0 Å². The number of alkyl halides is 3. The molecule has 0 spiro atoms. The van der Waals surface area contributed by atoms with Gasteiger partial charge in [0, 0.05) is 12.1 Å². The molecule has 5 nitrogen and oxygen atoms in total. The zero-order valence-electron chi connectivity index (χ0n) is 13.2. The van der Waals surface area contributed by atoms with Crippen LogP contribution < -0.4 is 5.32 Å². The van der Waals surface area contributed by atoms with Gasteiger partial charge < -0.3 is 5.32 Å². The number of carbonyl (C=O) groups is 1. The van der Waals surface area contributed by atoms with E-state index in [1.165, 1.54) is 23.6 Å². The number of hydrogen-bond donors (Lipinski definition) is 2. The van der Waals surface area contributed by atoms with E-state index in [9.17, 15) is 18.0 Å². The van der Waals surface area contributed by atoms with Crippen LogP contribution in [-0.4, -0.2) is 20.7 Å². The minimum absolute atomic E-state index is 0.0251. The van der Waals surface area contributed by atoms with Gasteiger partial charge in [-0.2, -0.15) is 18.3 Å². The van der Waals surface area contributed by atoms with Crippen LogP contribution in [0.5, 0.6) is 0 Å². The molecule has 0 aliphatic heterocycles. The number of benzene rings is 1. The fourth-order valence-electron chi connectivity index (χ4n) is 2.34. The van der Waals surface area contributed by atoms with Crippen LogP contribution in [0.4, 0.5) is 18.9 Å². The highest BCUT2D eigenvalue weighted by atomic mass is 32.1. The highest BCUT2D eigenvalue weighted by Gasteiger charge is 2.33. The molecule has 0 bridgehead atoms. The number of carbonyl (C=O) groups excluding carboxylic acids is 1. The second-order valence-electron chi connectivity index (χ2n) is 5.31. The van der Waals surface area contributed by atoms with Crippen LogP contribution in [-0.2, 0) is 23.9 Å². The minimum atomic E-state index is -4.47. The Bertz CT molecular complexity index is 795. The minimum Gasteiger partial charge on any atom is -0.324 e. The van der Waals surface area contributed by atoms with Crippen LogP contribution in [0.2, 0.25) is 0 Å². The molecule has 0 saturated heterocycles. The van der Waals surface area contributed by atoms with E-state index in [0.717, 1.165) is 12.5 Å². The van der Waals surface area contributed by atoms with Crippen LogP contribution in [0.3, 0.4) is 0 Å². The highest BCUT2D eigenvalue weighted by Crippen LogP contribution is 2.34. The standard InChI is InChI=1S/C15H17F3N4OS/c1-3-5-12-20-21-14(24)22(12)8-13(23)19-11-7-4-6-10(9(11)2)15(16,17)18/h4,6-7H,3,5,8H2,1-2H3,(H,19,23)(H,21,24). The van der Waals surface area contributed by atoms with Gasteiger partial charge in [0.25, 0.3) is 0 Å². The van der Waals surface area contributed by atoms with Gasteiger partial charge in [-0.3, -0.25) is 14.5 Å². The summed E-state index contributed by atoms with van der Waals surface area (Å²) >= 11 is 5.08. The molecule has 0 aliphatic rings. The van der Waals surface area contributed by atoms with Gasteiger partial charge in [-0.15, -0.1) is 0 Å². The molecule has 9 heteroatoms. The van der Waals surface area contributed by atoms with E-state index in [-0.39, 0.29) is 17.8 Å². The number of nitrogens with zero attached hydrogens (tertiary/aromatic N) is 2. The number of nitrogens with one attached hydrogen (secondary N) is 2. The van der Waals surface area contributed by atoms with Crippen LogP contribution >= 0.6 is 12.2 Å². The zero-order chi connectivity index (χ0) is 17.9. The first-order valence-corrected chi connectivity index (χ1v) is 7.75. The number of hydrogen-bond acceptors (Lipinski definition) is 3. The topological polar surface area (TPSA) is 62.7 Å². The van der Waals surface area contributed by atoms with Crippen molar-refractivity contribution in [3.8, 4) is 0 Å². The van der Waals surface area contributed by atoms with Crippen molar-refractivity contribution in [2.24, 2.45) is 0 Å². The Morgan fingerprint density at radius 3 is 2.75 bits per heavy atom. The smallest absolute Gasteiger partial charge is 0.324 e. The fraction of sp³-hybridized carbons (Fsp3) is 0.400. The molecule has 0 aliphatic carbocycles. The Labute approximate surface area is 141 Å². The molecule has 0 radical (unpaired) electrons. The van der Waals surface area contributed by atoms with Gasteiger partial charge in [0.1, 0.15) is 12.4 Å². The third kappa shape index (κ3) is 4.02. The lowest BCUT2D eigenvalue weighted by Crippen LogP contribution is -2.21. The Balaban J connectivity index is 2.20. The first kappa shape index (κ1) is 18.2. The second-order valence-corrected chi connectivity index (χ2v) is 5.69. The molecule has 1 aromatic carbocycles. The number of aromatic amines is 1. The van der Waals surface area contributed by atoms with Crippen LogP contribution in [0, 0.1) is 11.7 Å². The van der Waals surface area contributed by atoms with Gasteiger partial charge in [0.2, 0.25) is 5.91 Å². The highest BCUT2D eigenvalue weighted by molar-refractivity contribution is 7.71. The lowest BCUT2D eigenvalue weighted by atomic mass is 10.1. The van der Waals surface area contributed by atoms with E-state index < -0.39 is 17.6 Å². The van der Waals surface area contributed by atoms with Crippen LogP contribution in [0.25, 0.3) is 0 Å². The molecule has 2 N–H and O–H groups in total. The number of H-pyrrole nitrogens is 1. The first-order chi connectivity index (χ1) is 11.2. The predicted molar refractivity (Wildman–Crippen MR) is 86.2 cm³/mol. The number of anilines is 1. The van der Waals surface area contributed by atoms with Gasteiger partial charge in [-0.1, -0.05) is 13.0 Å². The molecule has 1 amide bonds. The second kappa shape index (κ2) is 7.16. The van der Waals surface area contributed by atoms with Gasteiger partial charge >= 0.3 is 6.18 Å². The normalized spacial score (nSPS) is 11.5. The summed E-state index contributed by atoms with van der Waals surface area (Å²) in [6.07, 6.45) is -3.00. The Morgan fingerprint density at radius 1 is 1.42 bits per heavy atom. The van der Waals surface area contributed by atoms with Gasteiger partial charge in [0.15, 0.2) is 4.77 Å². The van der Waals surface area contributed by atoms with Crippen molar-refractivity contribution in [2.75, 3.05) is 5.32 Å². The number of amides is 1. The average molecular weight is 358 g/mol. The van der Waals surface area contributed by atoms with Crippen molar-refractivity contribution in [3.63, 3.8) is 0 Å². The molecule has 1 aromatic heterocycles. The molecule has 0 saturated carbocycles. The maximum absolute atomic E-state index is 12.9. The Kier molecular flexibility index (Phi) is 5.43. The summed E-state index contributed by atoms with van der Waals surface area (Å²) in [5.74, 6) is 0.172. The summed E-state index contributed by atoms with van der Waals surface area (Å²) < 4.78 is 40.6. The van der Waals surface area contributed by atoms with E-state index in [1.807, 2.05) is 6.92 Å². The monoisotopic (exact) mass is 358 g/mol. The van der Waals surface area contributed by atoms with Gasteiger partial charge in [0.05, 0.1) is 5.56 Å². The van der Waals surface area contributed by atoms with E-state index in [4.69, 9.17) is 12.2 Å². The number of aromatic nitrogens is 3. The SMILES string of the molecule is CCCc1n[nH]c(=S)n1CC(=O)Nc1cccc(C(F)(F)F)c1C. The maximum atomic E-state index is 12.9. The van der Waals surface area contributed by atoms with Crippen LogP contribution in [0.1, 0.15) is 30.3 Å². The maximum Gasteiger partial charge on any atom is 0.416 e. The largest absolute Gasteiger partial charge is 0.416 e. The van der Waals surface area contributed by atoms with Crippen molar-refractivity contribution in [3.05, 3.63) is 39.9 Å². The molecule has 0 atom stereocenters. The van der Waals surface area contributed by atoms with Crippen molar-refractivity contribution >= 4 is 23.8 Å². The first-order valence-electron chi connectivity index (χ1n) is 7.34. The number of aryl methyl sites for hydroxylation is 1. The quantitative estimate of drug-likeness (QED) is 0.798. The van der Waals surface area contributed by atoms with Crippen molar-refractivity contribution in [1.82, 2.24) is 14.8 Å². The number of halogens is 3. The predicted octanol–water partition coefficient (Wildman–Crippen LogP) is 3.86. The molecule has 0 fully saturated rings. The Morgan fingerprint density at radius 2 is 2.12 bits per heavy atom. The van der Waals surface area contributed by atoms with E-state index >= 15 is 0 Å². The molecule has 2 rings (SSSR count). The third-order valence-corrected chi connectivity index (χ3v) is 3.84. The summed E-state index contributed by atoms with van der Waals surface area (Å²) in [6.45, 7) is 3.18. The van der Waals surface area contributed by atoms with Gasteiger partial charge in [-0.05, 0) is 43.3 Å². The van der Waals surface area contributed by atoms with Crippen molar-refractivity contribution < 1.29 is 18.0 Å². The van der Waals surface area contributed by atoms with E-state index in [2.05, 4.69) is 15.5 Å². The molecule has 130 valence electrons. The third-order valence-electron chi connectivity index (χ3n) is 3.53. The lowest BCUT2D eigenvalue weighted by Gasteiger charge is -2.15. The summed E-state index contributed by atoms with van der Waals surface area (Å²) in [5.41, 5.74) is -0.670. The molecule has 2 aromatic rings. The fourth-order valence-corrected chi connectivity index (χ4v) is 2.55. The van der Waals surface area contributed by atoms with Crippen molar-refractivity contribution in [1.29, 1.82) is 0 Å². The number of rotatable bonds is 5. The van der Waals surface area contributed by atoms with Crippen molar-refractivity contribution in [2.45, 2.75) is 39.4 Å². The summed E-state index contributed by atoms with van der Waals surface area (Å²) in [4.78, 5) is 12.2.